The highest BCUT2D eigenvalue weighted by Gasteiger charge is 2.06. The predicted molar refractivity (Wildman–Crippen MR) is 51.8 cm³/mol. The Kier molecular flexibility index (Phi) is 2.07. The number of aromatic nitrogens is 5. The van der Waals surface area contributed by atoms with Crippen molar-refractivity contribution in [3.05, 3.63) is 29.9 Å². The van der Waals surface area contributed by atoms with E-state index in [1.54, 1.807) is 6.20 Å². The van der Waals surface area contributed by atoms with Gasteiger partial charge in [-0.3, -0.25) is 0 Å². The molecule has 2 heterocycles. The van der Waals surface area contributed by atoms with Crippen LogP contribution in [0.5, 0.6) is 0 Å². The highest BCUT2D eigenvalue weighted by atomic mass is 15.3. The van der Waals surface area contributed by atoms with Gasteiger partial charge in [0.2, 0.25) is 0 Å². The van der Waals surface area contributed by atoms with Gasteiger partial charge >= 0.3 is 0 Å². The fourth-order valence-corrected chi connectivity index (χ4v) is 1.31. The van der Waals surface area contributed by atoms with Crippen molar-refractivity contribution >= 4 is 0 Å². The summed E-state index contributed by atoms with van der Waals surface area (Å²) in [4.78, 5) is 4.15. The molecular formula is C9H13N5. The summed E-state index contributed by atoms with van der Waals surface area (Å²) in [7, 11) is 1.97. The first-order valence-corrected chi connectivity index (χ1v) is 4.51. The lowest BCUT2D eigenvalue weighted by molar-refractivity contribution is 0.674. The second-order valence-electron chi connectivity index (χ2n) is 3.32. The van der Waals surface area contributed by atoms with Crippen molar-refractivity contribution in [2.24, 2.45) is 7.05 Å². The zero-order chi connectivity index (χ0) is 10.1. The minimum absolute atomic E-state index is 0.725. The van der Waals surface area contributed by atoms with Crippen LogP contribution in [0.15, 0.2) is 12.4 Å². The molecule has 0 bridgehead atoms. The molecule has 0 amide bonds. The largest absolute Gasteiger partial charge is 0.328 e. The predicted octanol–water partition coefficient (Wildman–Crippen LogP) is 0.677. The number of hydrogen-bond donors (Lipinski definition) is 0. The lowest BCUT2D eigenvalue weighted by Gasteiger charge is -2.04. The fraction of sp³-hybridized carbons (Fsp3) is 0.444. The Balaban J connectivity index is 2.27. The first-order valence-electron chi connectivity index (χ1n) is 4.51. The van der Waals surface area contributed by atoms with Crippen molar-refractivity contribution < 1.29 is 0 Å². The molecule has 2 rings (SSSR count). The van der Waals surface area contributed by atoms with E-state index in [1.165, 1.54) is 0 Å². The number of hydrogen-bond acceptors (Lipinski definition) is 3. The summed E-state index contributed by atoms with van der Waals surface area (Å²) < 4.78 is 4.03. The minimum atomic E-state index is 0.725. The van der Waals surface area contributed by atoms with Gasteiger partial charge in [-0.2, -0.15) is 0 Å². The fourth-order valence-electron chi connectivity index (χ4n) is 1.31. The number of imidazole rings is 1. The maximum Gasteiger partial charge on any atom is 0.152 e. The summed E-state index contributed by atoms with van der Waals surface area (Å²) in [6, 6.07) is 0. The third-order valence-corrected chi connectivity index (χ3v) is 2.42. The molecule has 5 heteroatoms. The summed E-state index contributed by atoms with van der Waals surface area (Å²) in [6.07, 6.45) is 3.73. The van der Waals surface area contributed by atoms with Gasteiger partial charge in [-0.25, -0.2) is 4.98 Å². The molecule has 0 aliphatic carbocycles. The van der Waals surface area contributed by atoms with Crippen LogP contribution in [0.1, 0.15) is 17.5 Å². The number of aryl methyl sites for hydroxylation is 2. The van der Waals surface area contributed by atoms with Crippen molar-refractivity contribution in [1.82, 2.24) is 24.3 Å². The van der Waals surface area contributed by atoms with Gasteiger partial charge in [0.15, 0.2) is 5.82 Å². The molecule has 74 valence electrons. The summed E-state index contributed by atoms with van der Waals surface area (Å²) in [6.45, 7) is 4.64. The van der Waals surface area contributed by atoms with E-state index in [4.69, 9.17) is 0 Å². The van der Waals surface area contributed by atoms with Crippen LogP contribution in [0.3, 0.4) is 0 Å². The van der Waals surface area contributed by atoms with Gasteiger partial charge in [-0.15, -0.1) is 10.2 Å². The van der Waals surface area contributed by atoms with Crippen molar-refractivity contribution in [2.45, 2.75) is 20.4 Å². The molecule has 14 heavy (non-hydrogen) atoms. The van der Waals surface area contributed by atoms with Gasteiger partial charge < -0.3 is 9.13 Å². The first-order chi connectivity index (χ1) is 6.68. The van der Waals surface area contributed by atoms with E-state index in [1.807, 2.05) is 36.2 Å². The molecular weight excluding hydrogens is 178 g/mol. The molecule has 5 nitrogen and oxygen atoms in total. The third kappa shape index (κ3) is 1.41. The van der Waals surface area contributed by atoms with Crippen molar-refractivity contribution in [2.75, 3.05) is 0 Å². The van der Waals surface area contributed by atoms with Crippen LogP contribution < -0.4 is 0 Å². The molecule has 2 aromatic heterocycles. The van der Waals surface area contributed by atoms with E-state index < -0.39 is 0 Å². The molecule has 0 N–H and O–H groups in total. The summed E-state index contributed by atoms with van der Waals surface area (Å²) in [5.41, 5.74) is 0. The zero-order valence-electron chi connectivity index (χ0n) is 8.60. The minimum Gasteiger partial charge on any atom is -0.328 e. The van der Waals surface area contributed by atoms with Gasteiger partial charge in [-0.1, -0.05) is 0 Å². The molecule has 2 aromatic rings. The quantitative estimate of drug-likeness (QED) is 0.701. The van der Waals surface area contributed by atoms with Crippen LogP contribution in [0.4, 0.5) is 0 Å². The van der Waals surface area contributed by atoms with E-state index in [9.17, 15) is 0 Å². The van der Waals surface area contributed by atoms with Crippen LogP contribution in [0.2, 0.25) is 0 Å². The molecule has 0 radical (unpaired) electrons. The maximum atomic E-state index is 4.15. The van der Waals surface area contributed by atoms with Crippen LogP contribution in [0.25, 0.3) is 0 Å². The second-order valence-corrected chi connectivity index (χ2v) is 3.32. The summed E-state index contributed by atoms with van der Waals surface area (Å²) in [5, 5.41) is 8.10. The van der Waals surface area contributed by atoms with E-state index in [2.05, 4.69) is 15.2 Å². The molecule has 0 atom stereocenters. The van der Waals surface area contributed by atoms with Crippen LogP contribution in [-0.2, 0) is 13.6 Å². The van der Waals surface area contributed by atoms with E-state index in [0.717, 1.165) is 24.0 Å². The van der Waals surface area contributed by atoms with Gasteiger partial charge in [0.05, 0.1) is 6.54 Å². The van der Waals surface area contributed by atoms with Crippen LogP contribution in [0, 0.1) is 13.8 Å². The first kappa shape index (κ1) is 8.93. The van der Waals surface area contributed by atoms with Gasteiger partial charge in [0.25, 0.3) is 0 Å². The van der Waals surface area contributed by atoms with Crippen molar-refractivity contribution in [1.29, 1.82) is 0 Å². The van der Waals surface area contributed by atoms with E-state index in [0.29, 0.717) is 0 Å². The molecule has 0 aliphatic heterocycles. The van der Waals surface area contributed by atoms with E-state index >= 15 is 0 Å². The van der Waals surface area contributed by atoms with Crippen LogP contribution in [-0.4, -0.2) is 24.3 Å². The molecule has 0 aliphatic rings. The Morgan fingerprint density at radius 1 is 1.21 bits per heavy atom. The smallest absolute Gasteiger partial charge is 0.152 e. The van der Waals surface area contributed by atoms with Crippen molar-refractivity contribution in [3.8, 4) is 0 Å². The van der Waals surface area contributed by atoms with Crippen molar-refractivity contribution in [3.63, 3.8) is 0 Å². The highest BCUT2D eigenvalue weighted by molar-refractivity contribution is 4.97. The Hall–Kier alpha value is -1.65. The average Bonchev–Trinajstić information content (AvgIpc) is 2.68. The number of nitrogens with zero attached hydrogens (tertiary/aromatic N) is 5. The molecule has 0 saturated carbocycles. The third-order valence-electron chi connectivity index (χ3n) is 2.42. The normalized spacial score (nSPS) is 10.8. The SMILES string of the molecule is Cc1nccn1Cc1nnc(C)n1C. The molecule has 0 spiro atoms. The highest BCUT2D eigenvalue weighted by Crippen LogP contribution is 2.03. The second kappa shape index (κ2) is 3.25. The molecule has 0 saturated heterocycles. The Morgan fingerprint density at radius 2 is 2.00 bits per heavy atom. The summed E-state index contributed by atoms with van der Waals surface area (Å²) >= 11 is 0. The lowest BCUT2D eigenvalue weighted by atomic mass is 10.5. The molecule has 0 unspecified atom stereocenters. The Bertz CT molecular complexity index is 440. The Morgan fingerprint density at radius 3 is 2.50 bits per heavy atom. The van der Waals surface area contributed by atoms with Gasteiger partial charge in [-0.05, 0) is 13.8 Å². The summed E-state index contributed by atoms with van der Waals surface area (Å²) in [5.74, 6) is 2.87. The number of rotatable bonds is 2. The van der Waals surface area contributed by atoms with Crippen LogP contribution >= 0.6 is 0 Å². The van der Waals surface area contributed by atoms with Gasteiger partial charge in [0.1, 0.15) is 11.6 Å². The maximum absolute atomic E-state index is 4.15. The molecule has 0 fully saturated rings. The molecule has 0 aromatic carbocycles. The van der Waals surface area contributed by atoms with Gasteiger partial charge in [0, 0.05) is 19.4 Å². The standard InChI is InChI=1S/C9H13N5/c1-7-10-4-5-14(7)6-9-12-11-8(2)13(9)3/h4-5H,6H2,1-3H3. The lowest BCUT2D eigenvalue weighted by Crippen LogP contribution is -2.07. The zero-order valence-corrected chi connectivity index (χ0v) is 8.60. The monoisotopic (exact) mass is 191 g/mol. The average molecular weight is 191 g/mol. The Labute approximate surface area is 82.4 Å². The van der Waals surface area contributed by atoms with E-state index in [-0.39, 0.29) is 0 Å². The topological polar surface area (TPSA) is 48.5 Å².